The Labute approximate surface area is 123 Å². The Morgan fingerprint density at radius 1 is 1.30 bits per heavy atom. The molecule has 0 unspecified atom stereocenters. The number of ether oxygens (including phenoxy) is 2. The molecule has 0 aliphatic carbocycles. The van der Waals surface area contributed by atoms with E-state index in [2.05, 4.69) is 6.58 Å². The third-order valence-corrected chi connectivity index (χ3v) is 3.40. The molecule has 5 heteroatoms. The predicted molar refractivity (Wildman–Crippen MR) is 78.5 cm³/mol. The standard InChI is InChI=1S/C15H18O4S/c1-11(12(2)19-13(3)16)15(17)18-9-10-20-14-7-5-4-6-8-14/h4-8,12H,1,9-10H2,2-3H3/t12-/m1/s1. The summed E-state index contributed by atoms with van der Waals surface area (Å²) in [5, 5.41) is 0. The van der Waals surface area contributed by atoms with Gasteiger partial charge in [0.15, 0.2) is 0 Å². The molecule has 1 aromatic rings. The molecule has 20 heavy (non-hydrogen) atoms. The van der Waals surface area contributed by atoms with Gasteiger partial charge in [-0.3, -0.25) is 4.79 Å². The van der Waals surface area contributed by atoms with Crippen LogP contribution < -0.4 is 0 Å². The summed E-state index contributed by atoms with van der Waals surface area (Å²) in [4.78, 5) is 23.6. The highest BCUT2D eigenvalue weighted by Crippen LogP contribution is 2.16. The van der Waals surface area contributed by atoms with E-state index < -0.39 is 18.0 Å². The second-order valence-electron chi connectivity index (χ2n) is 4.07. The topological polar surface area (TPSA) is 52.6 Å². The van der Waals surface area contributed by atoms with Crippen LogP contribution >= 0.6 is 11.8 Å². The van der Waals surface area contributed by atoms with Crippen LogP contribution in [-0.2, 0) is 19.1 Å². The molecule has 0 spiro atoms. The van der Waals surface area contributed by atoms with Crippen molar-refractivity contribution in [2.24, 2.45) is 0 Å². The molecule has 0 saturated heterocycles. The number of hydrogen-bond donors (Lipinski definition) is 0. The van der Waals surface area contributed by atoms with Gasteiger partial charge >= 0.3 is 11.9 Å². The highest BCUT2D eigenvalue weighted by Gasteiger charge is 2.18. The van der Waals surface area contributed by atoms with Crippen LogP contribution in [0.1, 0.15) is 13.8 Å². The lowest BCUT2D eigenvalue weighted by molar-refractivity contribution is -0.146. The van der Waals surface area contributed by atoms with Gasteiger partial charge in [-0.1, -0.05) is 24.8 Å². The molecule has 4 nitrogen and oxygen atoms in total. The number of rotatable bonds is 7. The van der Waals surface area contributed by atoms with Gasteiger partial charge in [-0.25, -0.2) is 4.79 Å². The molecule has 0 aliphatic rings. The minimum atomic E-state index is -0.665. The molecule has 0 aliphatic heterocycles. The quantitative estimate of drug-likeness (QED) is 0.335. The lowest BCUT2D eigenvalue weighted by atomic mass is 10.2. The largest absolute Gasteiger partial charge is 0.461 e. The second-order valence-corrected chi connectivity index (χ2v) is 5.24. The Morgan fingerprint density at radius 3 is 2.55 bits per heavy atom. The average Bonchev–Trinajstić information content (AvgIpc) is 2.43. The minimum Gasteiger partial charge on any atom is -0.461 e. The van der Waals surface area contributed by atoms with E-state index in [4.69, 9.17) is 9.47 Å². The van der Waals surface area contributed by atoms with Gasteiger partial charge in [-0.05, 0) is 19.1 Å². The monoisotopic (exact) mass is 294 g/mol. The van der Waals surface area contributed by atoms with Crippen LogP contribution in [0.2, 0.25) is 0 Å². The van der Waals surface area contributed by atoms with Gasteiger partial charge in [0.1, 0.15) is 12.7 Å². The Kier molecular flexibility index (Phi) is 6.87. The van der Waals surface area contributed by atoms with Crippen molar-refractivity contribution in [3.05, 3.63) is 42.5 Å². The van der Waals surface area contributed by atoms with E-state index in [1.54, 1.807) is 18.7 Å². The molecule has 0 amide bonds. The summed E-state index contributed by atoms with van der Waals surface area (Å²) in [5.74, 6) is -0.330. The molecule has 1 atom stereocenters. The molecule has 0 heterocycles. The summed E-state index contributed by atoms with van der Waals surface area (Å²) in [5.41, 5.74) is 0.143. The van der Waals surface area contributed by atoms with E-state index >= 15 is 0 Å². The van der Waals surface area contributed by atoms with E-state index in [0.717, 1.165) is 4.90 Å². The summed E-state index contributed by atoms with van der Waals surface area (Å²) >= 11 is 1.60. The van der Waals surface area contributed by atoms with Crippen molar-refractivity contribution in [1.29, 1.82) is 0 Å². The summed E-state index contributed by atoms with van der Waals surface area (Å²) < 4.78 is 9.94. The molecule has 0 radical (unpaired) electrons. The van der Waals surface area contributed by atoms with Crippen molar-refractivity contribution < 1.29 is 19.1 Å². The summed E-state index contributed by atoms with van der Waals surface area (Å²) in [7, 11) is 0. The maximum atomic E-state index is 11.7. The molecular weight excluding hydrogens is 276 g/mol. The first-order valence-electron chi connectivity index (χ1n) is 6.21. The normalized spacial score (nSPS) is 11.5. The molecule has 1 rings (SSSR count). The zero-order valence-electron chi connectivity index (χ0n) is 11.6. The zero-order valence-corrected chi connectivity index (χ0v) is 12.4. The van der Waals surface area contributed by atoms with E-state index in [0.29, 0.717) is 5.75 Å². The second kappa shape index (κ2) is 8.43. The zero-order chi connectivity index (χ0) is 15.0. The van der Waals surface area contributed by atoms with Gasteiger partial charge in [0, 0.05) is 17.6 Å². The van der Waals surface area contributed by atoms with E-state index in [1.165, 1.54) is 6.92 Å². The fourth-order valence-corrected chi connectivity index (χ4v) is 2.14. The Bertz CT molecular complexity index is 470. The SMILES string of the molecule is C=C(C(=O)OCCSc1ccccc1)[C@@H](C)OC(C)=O. The fraction of sp³-hybridized carbons (Fsp3) is 0.333. The number of esters is 2. The van der Waals surface area contributed by atoms with E-state index in [9.17, 15) is 9.59 Å². The Morgan fingerprint density at radius 2 is 1.95 bits per heavy atom. The third-order valence-electron chi connectivity index (χ3n) is 2.42. The van der Waals surface area contributed by atoms with E-state index in [1.807, 2.05) is 30.3 Å². The van der Waals surface area contributed by atoms with Crippen LogP contribution in [-0.4, -0.2) is 30.4 Å². The van der Waals surface area contributed by atoms with Crippen LogP contribution in [0.5, 0.6) is 0 Å². The van der Waals surface area contributed by atoms with Gasteiger partial charge in [0.05, 0.1) is 5.57 Å². The lowest BCUT2D eigenvalue weighted by Gasteiger charge is -2.13. The molecule has 0 saturated carbocycles. The maximum absolute atomic E-state index is 11.7. The van der Waals surface area contributed by atoms with Crippen LogP contribution in [0, 0.1) is 0 Å². The Hall–Kier alpha value is -1.75. The van der Waals surface area contributed by atoms with Crippen molar-refractivity contribution in [2.45, 2.75) is 24.8 Å². The highest BCUT2D eigenvalue weighted by atomic mass is 32.2. The smallest absolute Gasteiger partial charge is 0.337 e. The van der Waals surface area contributed by atoms with Crippen LogP contribution in [0.25, 0.3) is 0 Å². The summed E-state index contributed by atoms with van der Waals surface area (Å²) in [6.07, 6.45) is -0.665. The Balaban J connectivity index is 2.26. The molecule has 0 N–H and O–H groups in total. The number of thioether (sulfide) groups is 1. The highest BCUT2D eigenvalue weighted by molar-refractivity contribution is 7.99. The molecular formula is C15H18O4S. The maximum Gasteiger partial charge on any atom is 0.337 e. The predicted octanol–water partition coefficient (Wildman–Crippen LogP) is 2.83. The molecule has 1 aromatic carbocycles. The van der Waals surface area contributed by atoms with Crippen molar-refractivity contribution >= 4 is 23.7 Å². The molecule has 108 valence electrons. The fourth-order valence-electron chi connectivity index (χ4n) is 1.39. The van der Waals surface area contributed by atoms with Crippen molar-refractivity contribution in [3.63, 3.8) is 0 Å². The average molecular weight is 294 g/mol. The number of carbonyl (C=O) groups is 2. The van der Waals surface area contributed by atoms with Gasteiger partial charge in [-0.2, -0.15) is 0 Å². The molecule has 0 fully saturated rings. The third kappa shape index (κ3) is 5.93. The van der Waals surface area contributed by atoms with Gasteiger partial charge in [-0.15, -0.1) is 11.8 Å². The first kappa shape index (κ1) is 16.3. The summed E-state index contributed by atoms with van der Waals surface area (Å²) in [6.45, 7) is 6.74. The number of hydrogen-bond acceptors (Lipinski definition) is 5. The van der Waals surface area contributed by atoms with Crippen LogP contribution in [0.4, 0.5) is 0 Å². The van der Waals surface area contributed by atoms with Crippen LogP contribution in [0.3, 0.4) is 0 Å². The lowest BCUT2D eigenvalue weighted by Crippen LogP contribution is -2.22. The van der Waals surface area contributed by atoms with Gasteiger partial charge in [0.2, 0.25) is 0 Å². The van der Waals surface area contributed by atoms with Gasteiger partial charge < -0.3 is 9.47 Å². The van der Waals surface area contributed by atoms with Crippen LogP contribution in [0.15, 0.2) is 47.4 Å². The number of carbonyl (C=O) groups excluding carboxylic acids is 2. The first-order chi connectivity index (χ1) is 9.50. The van der Waals surface area contributed by atoms with Gasteiger partial charge in [0.25, 0.3) is 0 Å². The molecule has 0 bridgehead atoms. The number of benzene rings is 1. The van der Waals surface area contributed by atoms with E-state index in [-0.39, 0.29) is 12.2 Å². The summed E-state index contributed by atoms with van der Waals surface area (Å²) in [6, 6.07) is 9.85. The molecule has 0 aromatic heterocycles. The first-order valence-corrected chi connectivity index (χ1v) is 7.20. The van der Waals surface area contributed by atoms with Crippen molar-refractivity contribution in [2.75, 3.05) is 12.4 Å². The minimum absolute atomic E-state index is 0.143. The van der Waals surface area contributed by atoms with Crippen molar-refractivity contribution in [1.82, 2.24) is 0 Å². The van der Waals surface area contributed by atoms with Crippen molar-refractivity contribution in [3.8, 4) is 0 Å².